The summed E-state index contributed by atoms with van der Waals surface area (Å²) in [6, 6.07) is 8.23. The van der Waals surface area contributed by atoms with Gasteiger partial charge in [-0.15, -0.1) is 0 Å². The minimum atomic E-state index is 0.159. The summed E-state index contributed by atoms with van der Waals surface area (Å²) in [6.45, 7) is 4.68. The van der Waals surface area contributed by atoms with Crippen molar-refractivity contribution in [3.8, 4) is 5.75 Å². The number of likely N-dealkylation sites (tertiary alicyclic amines) is 2. The van der Waals surface area contributed by atoms with Crippen LogP contribution in [0.25, 0.3) is 0 Å². The molecule has 1 aromatic heterocycles. The molecule has 1 N–H and O–H groups in total. The number of rotatable bonds is 5. The van der Waals surface area contributed by atoms with Gasteiger partial charge in [0.25, 0.3) is 5.91 Å². The van der Waals surface area contributed by atoms with Gasteiger partial charge in [-0.05, 0) is 44.8 Å². The van der Waals surface area contributed by atoms with Crippen molar-refractivity contribution in [3.63, 3.8) is 0 Å². The number of hydrogen-bond donors (Lipinski definition) is 1. The smallest absolute Gasteiger partial charge is 0.257 e. The molecular weight excluding hydrogens is 364 g/mol. The third kappa shape index (κ3) is 4.64. The molecule has 2 aliphatic heterocycles. The predicted octanol–water partition coefficient (Wildman–Crippen LogP) is 3.81. The number of amides is 1. The summed E-state index contributed by atoms with van der Waals surface area (Å²) in [5.74, 6) is 1.48. The Morgan fingerprint density at radius 2 is 1.83 bits per heavy atom. The average molecular weight is 397 g/mol. The van der Waals surface area contributed by atoms with E-state index in [2.05, 4.69) is 27.2 Å². The summed E-state index contributed by atoms with van der Waals surface area (Å²) in [7, 11) is 1.73. The number of H-pyrrole nitrogens is 1. The lowest BCUT2D eigenvalue weighted by atomic mass is 9.91. The van der Waals surface area contributed by atoms with Crippen LogP contribution >= 0.6 is 0 Å². The molecule has 1 aromatic carbocycles. The van der Waals surface area contributed by atoms with Gasteiger partial charge in [0, 0.05) is 31.1 Å². The zero-order valence-corrected chi connectivity index (χ0v) is 17.4. The van der Waals surface area contributed by atoms with Crippen molar-refractivity contribution in [1.29, 1.82) is 0 Å². The maximum Gasteiger partial charge on any atom is 0.257 e. The average Bonchev–Trinajstić information content (AvgIpc) is 3.09. The summed E-state index contributed by atoms with van der Waals surface area (Å²) < 4.78 is 5.49. The van der Waals surface area contributed by atoms with Crippen LogP contribution in [-0.2, 0) is 6.54 Å². The molecule has 0 unspecified atom stereocenters. The van der Waals surface area contributed by atoms with Gasteiger partial charge in [0.2, 0.25) is 0 Å². The van der Waals surface area contributed by atoms with Gasteiger partial charge >= 0.3 is 0 Å². The van der Waals surface area contributed by atoms with E-state index < -0.39 is 0 Å². The number of nitrogens with one attached hydrogen (secondary N) is 1. The van der Waals surface area contributed by atoms with E-state index in [1.54, 1.807) is 13.3 Å². The highest BCUT2D eigenvalue weighted by molar-refractivity contribution is 5.95. The van der Waals surface area contributed by atoms with Crippen LogP contribution in [0, 0.1) is 0 Å². The summed E-state index contributed by atoms with van der Waals surface area (Å²) in [6.07, 6.45) is 8.50. The highest BCUT2D eigenvalue weighted by atomic mass is 16.5. The second-order valence-corrected chi connectivity index (χ2v) is 8.27. The van der Waals surface area contributed by atoms with Crippen LogP contribution in [0.5, 0.6) is 5.75 Å². The van der Waals surface area contributed by atoms with Crippen molar-refractivity contribution in [1.82, 2.24) is 20.0 Å². The van der Waals surface area contributed by atoms with E-state index in [0.29, 0.717) is 5.92 Å². The van der Waals surface area contributed by atoms with Gasteiger partial charge in [-0.2, -0.15) is 5.10 Å². The quantitative estimate of drug-likeness (QED) is 0.835. The van der Waals surface area contributed by atoms with E-state index in [4.69, 9.17) is 4.74 Å². The Kier molecular flexibility index (Phi) is 6.49. The summed E-state index contributed by atoms with van der Waals surface area (Å²) in [5, 5.41) is 7.40. The Balaban J connectivity index is 1.38. The van der Waals surface area contributed by atoms with E-state index in [1.165, 1.54) is 18.4 Å². The predicted molar refractivity (Wildman–Crippen MR) is 113 cm³/mol. The molecule has 0 bridgehead atoms. The molecule has 6 heteroatoms. The Morgan fingerprint density at radius 1 is 1.10 bits per heavy atom. The fourth-order valence-electron chi connectivity index (χ4n) is 4.68. The molecule has 0 aliphatic carbocycles. The number of piperidine rings is 1. The SMILES string of the molecule is COc1ccccc1CN1CCC(c2[nH]ncc2C(=O)N2CCCCCC2)CC1. The molecule has 0 spiro atoms. The number of hydrogen-bond acceptors (Lipinski definition) is 4. The fraction of sp³-hybridized carbons (Fsp3) is 0.565. The third-order valence-corrected chi connectivity index (χ3v) is 6.37. The Hall–Kier alpha value is -2.34. The normalized spacial score (nSPS) is 19.1. The minimum absolute atomic E-state index is 0.159. The van der Waals surface area contributed by atoms with Crippen LogP contribution in [0.1, 0.15) is 66.1 Å². The van der Waals surface area contributed by atoms with Gasteiger partial charge < -0.3 is 9.64 Å². The van der Waals surface area contributed by atoms with Gasteiger partial charge in [-0.1, -0.05) is 31.0 Å². The molecule has 29 heavy (non-hydrogen) atoms. The largest absolute Gasteiger partial charge is 0.496 e. The molecule has 0 radical (unpaired) electrons. The van der Waals surface area contributed by atoms with Crippen molar-refractivity contribution in [3.05, 3.63) is 47.3 Å². The van der Waals surface area contributed by atoms with Crippen LogP contribution in [0.3, 0.4) is 0 Å². The van der Waals surface area contributed by atoms with Crippen LogP contribution in [0.15, 0.2) is 30.5 Å². The van der Waals surface area contributed by atoms with Crippen molar-refractivity contribution < 1.29 is 9.53 Å². The molecule has 1 amide bonds. The van der Waals surface area contributed by atoms with Gasteiger partial charge in [0.15, 0.2) is 0 Å². The standard InChI is InChI=1S/C23H32N4O2/c1-29-21-9-5-4-8-19(21)17-26-14-10-18(11-15-26)22-20(16-24-25-22)23(28)27-12-6-2-3-7-13-27/h4-5,8-9,16,18H,2-3,6-7,10-15,17H2,1H3,(H,24,25). The fourth-order valence-corrected chi connectivity index (χ4v) is 4.68. The Labute approximate surface area is 173 Å². The van der Waals surface area contributed by atoms with E-state index in [1.807, 2.05) is 17.0 Å². The van der Waals surface area contributed by atoms with E-state index in [-0.39, 0.29) is 5.91 Å². The van der Waals surface area contributed by atoms with Gasteiger partial charge in [0.1, 0.15) is 5.75 Å². The van der Waals surface area contributed by atoms with Crippen LogP contribution in [0.2, 0.25) is 0 Å². The van der Waals surface area contributed by atoms with Gasteiger partial charge in [-0.3, -0.25) is 14.8 Å². The molecule has 2 saturated heterocycles. The topological polar surface area (TPSA) is 61.5 Å². The number of benzene rings is 1. The maximum atomic E-state index is 13.1. The Morgan fingerprint density at radius 3 is 2.55 bits per heavy atom. The molecule has 0 atom stereocenters. The molecule has 6 nitrogen and oxygen atoms in total. The van der Waals surface area contributed by atoms with Gasteiger partial charge in [-0.25, -0.2) is 0 Å². The number of aromatic amines is 1. The Bertz CT molecular complexity index is 803. The molecule has 4 rings (SSSR count). The zero-order valence-electron chi connectivity index (χ0n) is 17.4. The van der Waals surface area contributed by atoms with E-state index in [9.17, 15) is 4.79 Å². The maximum absolute atomic E-state index is 13.1. The van der Waals surface area contributed by atoms with E-state index >= 15 is 0 Å². The molecule has 0 saturated carbocycles. The van der Waals surface area contributed by atoms with Crippen LogP contribution < -0.4 is 4.74 Å². The van der Waals surface area contributed by atoms with E-state index in [0.717, 1.165) is 75.4 Å². The van der Waals surface area contributed by atoms with Crippen molar-refractivity contribution in [2.24, 2.45) is 0 Å². The first-order valence-electron chi connectivity index (χ1n) is 10.9. The minimum Gasteiger partial charge on any atom is -0.496 e. The second-order valence-electron chi connectivity index (χ2n) is 8.27. The summed E-state index contributed by atoms with van der Waals surface area (Å²) in [4.78, 5) is 17.6. The summed E-state index contributed by atoms with van der Waals surface area (Å²) >= 11 is 0. The lowest BCUT2D eigenvalue weighted by molar-refractivity contribution is 0.0759. The van der Waals surface area contributed by atoms with Crippen LogP contribution in [0.4, 0.5) is 0 Å². The first-order chi connectivity index (χ1) is 14.3. The van der Waals surface area contributed by atoms with Gasteiger partial charge in [0.05, 0.1) is 24.6 Å². The first kappa shape index (κ1) is 20.0. The van der Waals surface area contributed by atoms with Crippen molar-refractivity contribution in [2.75, 3.05) is 33.3 Å². The number of para-hydroxylation sites is 1. The molecule has 156 valence electrons. The number of carbonyl (C=O) groups is 1. The highest BCUT2D eigenvalue weighted by Crippen LogP contribution is 2.31. The lowest BCUT2D eigenvalue weighted by Gasteiger charge is -2.32. The number of ether oxygens (including phenoxy) is 1. The highest BCUT2D eigenvalue weighted by Gasteiger charge is 2.28. The molecule has 2 aromatic rings. The number of methoxy groups -OCH3 is 1. The number of nitrogens with zero attached hydrogens (tertiary/aromatic N) is 3. The van der Waals surface area contributed by atoms with Crippen molar-refractivity contribution >= 4 is 5.91 Å². The number of carbonyl (C=O) groups excluding carboxylic acids is 1. The van der Waals surface area contributed by atoms with Crippen molar-refractivity contribution in [2.45, 2.75) is 51.0 Å². The second kappa shape index (κ2) is 9.44. The molecule has 2 fully saturated rings. The summed E-state index contributed by atoms with van der Waals surface area (Å²) in [5.41, 5.74) is 3.05. The van der Waals surface area contributed by atoms with Crippen LogP contribution in [-0.4, -0.2) is 59.2 Å². The molecule has 3 heterocycles. The zero-order chi connectivity index (χ0) is 20.1. The first-order valence-corrected chi connectivity index (χ1v) is 10.9. The monoisotopic (exact) mass is 396 g/mol. The lowest BCUT2D eigenvalue weighted by Crippen LogP contribution is -2.35. The number of aromatic nitrogens is 2. The molecule has 2 aliphatic rings. The third-order valence-electron chi connectivity index (χ3n) is 6.37. The molecular formula is C23H32N4O2.